The molecule has 1 aromatic rings. The van der Waals surface area contributed by atoms with Gasteiger partial charge in [-0.25, -0.2) is 4.98 Å². The molecule has 0 aliphatic carbocycles. The van der Waals surface area contributed by atoms with Crippen LogP contribution in [0.1, 0.15) is 36.8 Å². The molecule has 92 valence electrons. The van der Waals surface area contributed by atoms with E-state index in [9.17, 15) is 0 Å². The van der Waals surface area contributed by atoms with Gasteiger partial charge in [-0.15, -0.1) is 0 Å². The van der Waals surface area contributed by atoms with Gasteiger partial charge in [-0.3, -0.25) is 0 Å². The molecule has 0 spiro atoms. The summed E-state index contributed by atoms with van der Waals surface area (Å²) in [5.41, 5.74) is 1.92. The van der Waals surface area contributed by atoms with Crippen molar-refractivity contribution in [2.45, 2.75) is 38.4 Å². The largest absolute Gasteiger partial charge is 0.376 e. The fourth-order valence-electron chi connectivity index (χ4n) is 2.47. The maximum atomic E-state index is 5.80. The van der Waals surface area contributed by atoms with Crippen molar-refractivity contribution in [2.24, 2.45) is 0 Å². The van der Waals surface area contributed by atoms with Crippen LogP contribution in [0.25, 0.3) is 0 Å². The van der Waals surface area contributed by atoms with Gasteiger partial charge < -0.3 is 14.5 Å². The van der Waals surface area contributed by atoms with Crippen LogP contribution in [-0.4, -0.2) is 23.2 Å². The number of ether oxygens (including phenoxy) is 2. The van der Waals surface area contributed by atoms with Gasteiger partial charge in [0.15, 0.2) is 0 Å². The van der Waals surface area contributed by atoms with Gasteiger partial charge in [0.2, 0.25) is 0 Å². The summed E-state index contributed by atoms with van der Waals surface area (Å²) in [6.07, 6.45) is 2.96. The number of aromatic nitrogens is 2. The minimum absolute atomic E-state index is 0.291. The van der Waals surface area contributed by atoms with Crippen molar-refractivity contribution < 1.29 is 9.47 Å². The van der Waals surface area contributed by atoms with Crippen LogP contribution < -0.4 is 0 Å². The van der Waals surface area contributed by atoms with Gasteiger partial charge in [0.25, 0.3) is 0 Å². The molecule has 5 heteroatoms. The van der Waals surface area contributed by atoms with Gasteiger partial charge >= 0.3 is 0 Å². The van der Waals surface area contributed by atoms with Crippen LogP contribution >= 0.6 is 12.2 Å². The molecule has 2 aliphatic rings. The van der Waals surface area contributed by atoms with Gasteiger partial charge in [-0.2, -0.15) is 0 Å². The average Bonchev–Trinajstić information content (AvgIpc) is 2.78. The standard InChI is InChI=1S/C12H16N2O2S/c1-12(4-2-5-16-12)11-13-9-3-6-15-7-8(9)10(17)14-11/h2-7H2,1H3,(H,13,14,17). The summed E-state index contributed by atoms with van der Waals surface area (Å²) in [4.78, 5) is 7.90. The predicted molar refractivity (Wildman–Crippen MR) is 65.3 cm³/mol. The van der Waals surface area contributed by atoms with Crippen molar-refractivity contribution in [1.29, 1.82) is 0 Å². The number of fused-ring (bicyclic) bond motifs is 1. The molecule has 0 bridgehead atoms. The maximum Gasteiger partial charge on any atom is 0.140 e. The van der Waals surface area contributed by atoms with Crippen LogP contribution in [0.2, 0.25) is 0 Å². The van der Waals surface area contributed by atoms with E-state index >= 15 is 0 Å². The van der Waals surface area contributed by atoms with Crippen molar-refractivity contribution in [2.75, 3.05) is 13.2 Å². The first kappa shape index (κ1) is 11.3. The summed E-state index contributed by atoms with van der Waals surface area (Å²) in [7, 11) is 0. The summed E-state index contributed by atoms with van der Waals surface area (Å²) in [5, 5.41) is 0. The zero-order chi connectivity index (χ0) is 11.9. The highest BCUT2D eigenvalue weighted by molar-refractivity contribution is 7.71. The molecule has 4 nitrogen and oxygen atoms in total. The van der Waals surface area contributed by atoms with Gasteiger partial charge in [-0.1, -0.05) is 12.2 Å². The third-order valence-electron chi connectivity index (χ3n) is 3.57. The normalized spacial score (nSPS) is 28.1. The molecule has 1 aromatic heterocycles. The minimum Gasteiger partial charge on any atom is -0.376 e. The van der Waals surface area contributed by atoms with Gasteiger partial charge in [-0.05, 0) is 19.8 Å². The summed E-state index contributed by atoms with van der Waals surface area (Å²) >= 11 is 5.34. The first-order valence-corrected chi connectivity index (χ1v) is 6.44. The van der Waals surface area contributed by atoms with E-state index in [1.165, 1.54) is 5.69 Å². The van der Waals surface area contributed by atoms with Crippen molar-refractivity contribution in [1.82, 2.24) is 9.97 Å². The quantitative estimate of drug-likeness (QED) is 0.779. The monoisotopic (exact) mass is 252 g/mol. The maximum absolute atomic E-state index is 5.80. The van der Waals surface area contributed by atoms with E-state index in [2.05, 4.69) is 16.9 Å². The highest BCUT2D eigenvalue weighted by Gasteiger charge is 2.35. The number of H-pyrrole nitrogens is 1. The Labute approximate surface area is 105 Å². The lowest BCUT2D eigenvalue weighted by Gasteiger charge is -2.25. The van der Waals surface area contributed by atoms with Crippen LogP contribution in [0.15, 0.2) is 0 Å². The molecule has 17 heavy (non-hydrogen) atoms. The van der Waals surface area contributed by atoms with E-state index in [4.69, 9.17) is 21.7 Å². The molecule has 1 unspecified atom stereocenters. The molecular weight excluding hydrogens is 236 g/mol. The number of nitrogens with one attached hydrogen (secondary N) is 1. The van der Waals surface area contributed by atoms with Gasteiger partial charge in [0.1, 0.15) is 16.1 Å². The highest BCUT2D eigenvalue weighted by atomic mass is 32.1. The fraction of sp³-hybridized carbons (Fsp3) is 0.667. The van der Waals surface area contributed by atoms with Crippen molar-refractivity contribution >= 4 is 12.2 Å². The first-order valence-electron chi connectivity index (χ1n) is 6.03. The minimum atomic E-state index is -0.291. The van der Waals surface area contributed by atoms with E-state index in [1.54, 1.807) is 0 Å². The van der Waals surface area contributed by atoms with E-state index in [1.807, 2.05) is 0 Å². The van der Waals surface area contributed by atoms with Gasteiger partial charge in [0, 0.05) is 24.3 Å². The second-order valence-electron chi connectivity index (χ2n) is 4.83. The van der Waals surface area contributed by atoms with Crippen LogP contribution in [0.3, 0.4) is 0 Å². The predicted octanol–water partition coefficient (Wildman–Crippen LogP) is 2.24. The Balaban J connectivity index is 2.07. The van der Waals surface area contributed by atoms with Crippen LogP contribution in [0.5, 0.6) is 0 Å². The number of hydrogen-bond donors (Lipinski definition) is 1. The molecule has 3 rings (SSSR count). The molecular formula is C12H16N2O2S. The highest BCUT2D eigenvalue weighted by Crippen LogP contribution is 2.34. The molecule has 3 heterocycles. The smallest absolute Gasteiger partial charge is 0.140 e. The molecule has 1 saturated heterocycles. The molecule has 1 N–H and O–H groups in total. The van der Waals surface area contributed by atoms with Crippen molar-refractivity contribution in [3.8, 4) is 0 Å². The first-order chi connectivity index (χ1) is 8.19. The Bertz CT molecular complexity index is 492. The van der Waals surface area contributed by atoms with Crippen molar-refractivity contribution in [3.05, 3.63) is 21.7 Å². The van der Waals surface area contributed by atoms with E-state index < -0.39 is 0 Å². The topological polar surface area (TPSA) is 47.1 Å². The summed E-state index contributed by atoms with van der Waals surface area (Å²) < 4.78 is 11.9. The lowest BCUT2D eigenvalue weighted by molar-refractivity contribution is 0.00851. The lowest BCUT2D eigenvalue weighted by Crippen LogP contribution is -2.26. The summed E-state index contributed by atoms with van der Waals surface area (Å²) in [6, 6.07) is 0. The zero-order valence-corrected chi connectivity index (χ0v) is 10.7. The van der Waals surface area contributed by atoms with E-state index in [0.717, 1.165) is 43.9 Å². The van der Waals surface area contributed by atoms with Crippen LogP contribution in [0.4, 0.5) is 0 Å². The number of rotatable bonds is 1. The third kappa shape index (κ3) is 1.92. The average molecular weight is 252 g/mol. The summed E-state index contributed by atoms with van der Waals surface area (Å²) in [5.74, 6) is 0.876. The number of aromatic amines is 1. The Morgan fingerprint density at radius 1 is 1.41 bits per heavy atom. The van der Waals surface area contributed by atoms with Crippen molar-refractivity contribution in [3.63, 3.8) is 0 Å². The Morgan fingerprint density at radius 2 is 2.29 bits per heavy atom. The Morgan fingerprint density at radius 3 is 3.06 bits per heavy atom. The fourth-order valence-corrected chi connectivity index (χ4v) is 2.74. The second-order valence-corrected chi connectivity index (χ2v) is 5.22. The van der Waals surface area contributed by atoms with Crippen LogP contribution in [-0.2, 0) is 28.1 Å². The van der Waals surface area contributed by atoms with Gasteiger partial charge in [0.05, 0.1) is 13.2 Å². The summed E-state index contributed by atoms with van der Waals surface area (Å²) in [6.45, 7) is 4.22. The molecule has 1 fully saturated rings. The number of hydrogen-bond acceptors (Lipinski definition) is 4. The zero-order valence-electron chi connectivity index (χ0n) is 9.91. The van der Waals surface area contributed by atoms with Crippen LogP contribution in [0, 0.1) is 4.64 Å². The molecule has 1 atom stereocenters. The molecule has 0 saturated carbocycles. The molecule has 0 radical (unpaired) electrons. The van der Waals surface area contributed by atoms with E-state index in [0.29, 0.717) is 11.2 Å². The molecule has 0 amide bonds. The third-order valence-corrected chi connectivity index (χ3v) is 3.91. The van der Waals surface area contributed by atoms with E-state index in [-0.39, 0.29) is 5.60 Å². The Hall–Kier alpha value is -0.780. The molecule has 2 aliphatic heterocycles. The second kappa shape index (κ2) is 4.15. The molecule has 0 aromatic carbocycles. The Kier molecular flexibility index (Phi) is 2.77. The lowest BCUT2D eigenvalue weighted by atomic mass is 10.0. The number of nitrogens with zero attached hydrogens (tertiary/aromatic N) is 1. The SMILES string of the molecule is CC1(c2nc(=S)c3c([nH]2)CCOC3)CCCO1.